The number of rotatable bonds is 8. The van der Waals surface area contributed by atoms with E-state index in [1.165, 1.54) is 17.8 Å². The molecule has 0 radical (unpaired) electrons. The molecular formula is C17H18N4O3S. The zero-order valence-corrected chi connectivity index (χ0v) is 14.5. The van der Waals surface area contributed by atoms with Crippen molar-refractivity contribution in [1.82, 2.24) is 9.36 Å². The van der Waals surface area contributed by atoms with Crippen LogP contribution in [-0.2, 0) is 17.7 Å². The minimum Gasteiger partial charge on any atom is -0.459 e. The van der Waals surface area contributed by atoms with Gasteiger partial charge in [-0.15, -0.1) is 0 Å². The average molecular weight is 358 g/mol. The van der Waals surface area contributed by atoms with Crippen LogP contribution in [0.1, 0.15) is 21.9 Å². The number of carbonyl (C=O) groups is 1. The number of nitrogens with zero attached hydrogens (tertiary/aromatic N) is 2. The highest BCUT2D eigenvalue weighted by molar-refractivity contribution is 7.09. The van der Waals surface area contributed by atoms with E-state index in [0.29, 0.717) is 25.3 Å². The molecule has 3 aromatic rings. The summed E-state index contributed by atoms with van der Waals surface area (Å²) in [7, 11) is 1.66. The van der Waals surface area contributed by atoms with Crippen LogP contribution in [0.5, 0.6) is 0 Å². The molecule has 0 saturated heterocycles. The average Bonchev–Trinajstić information content (AvgIpc) is 3.31. The lowest BCUT2D eigenvalue weighted by molar-refractivity contribution is 0.0996. The summed E-state index contributed by atoms with van der Waals surface area (Å²) in [6.45, 7) is 1.24. The Kier molecular flexibility index (Phi) is 5.76. The number of hydrogen-bond acceptors (Lipinski definition) is 7. The maximum absolute atomic E-state index is 11.9. The Hall–Kier alpha value is -2.71. The normalized spacial score (nSPS) is 10.6. The molecule has 0 saturated carbocycles. The molecule has 0 aliphatic rings. The molecule has 2 aromatic heterocycles. The number of anilines is 2. The smallest absolute Gasteiger partial charge is 0.291 e. The zero-order valence-electron chi connectivity index (χ0n) is 13.7. The van der Waals surface area contributed by atoms with E-state index in [1.807, 2.05) is 24.3 Å². The van der Waals surface area contributed by atoms with Crippen LogP contribution in [0.4, 0.5) is 10.8 Å². The fourth-order valence-electron chi connectivity index (χ4n) is 2.10. The van der Waals surface area contributed by atoms with Crippen molar-refractivity contribution in [2.75, 3.05) is 24.4 Å². The topological polar surface area (TPSA) is 89.3 Å². The van der Waals surface area contributed by atoms with E-state index in [4.69, 9.17) is 9.15 Å². The Labute approximate surface area is 149 Å². The molecule has 2 heterocycles. The van der Waals surface area contributed by atoms with Gasteiger partial charge in [0, 0.05) is 37.3 Å². The van der Waals surface area contributed by atoms with Crippen molar-refractivity contribution in [3.05, 3.63) is 59.8 Å². The standard InChI is InChI=1S/C17H18N4O3S/c1-23-10-8-15-20-17(25-21-15)18-11-12-4-6-13(7-5-12)19-16(22)14-3-2-9-24-14/h2-7,9H,8,10-11H2,1H3,(H,19,22)(H,18,20,21). The van der Waals surface area contributed by atoms with Crippen molar-refractivity contribution in [1.29, 1.82) is 0 Å². The lowest BCUT2D eigenvalue weighted by atomic mass is 10.2. The minimum atomic E-state index is -0.270. The SMILES string of the molecule is COCCc1nsc(NCc2ccc(NC(=O)c3ccco3)cc2)n1. The van der Waals surface area contributed by atoms with Crippen molar-refractivity contribution in [2.45, 2.75) is 13.0 Å². The molecule has 7 nitrogen and oxygen atoms in total. The zero-order chi connectivity index (χ0) is 17.5. The molecule has 25 heavy (non-hydrogen) atoms. The number of ether oxygens (including phenoxy) is 1. The van der Waals surface area contributed by atoms with E-state index < -0.39 is 0 Å². The number of aromatic nitrogens is 2. The first-order chi connectivity index (χ1) is 12.2. The van der Waals surface area contributed by atoms with Gasteiger partial charge < -0.3 is 19.8 Å². The second kappa shape index (κ2) is 8.41. The quantitative estimate of drug-likeness (QED) is 0.643. The Balaban J connectivity index is 1.50. The van der Waals surface area contributed by atoms with E-state index in [1.54, 1.807) is 19.2 Å². The molecule has 0 unspecified atom stereocenters. The van der Waals surface area contributed by atoms with E-state index in [-0.39, 0.29) is 11.7 Å². The van der Waals surface area contributed by atoms with Gasteiger partial charge in [-0.3, -0.25) is 4.79 Å². The molecular weight excluding hydrogens is 340 g/mol. The highest BCUT2D eigenvalue weighted by Crippen LogP contribution is 2.15. The first kappa shape index (κ1) is 17.1. The van der Waals surface area contributed by atoms with Crippen LogP contribution in [-0.4, -0.2) is 29.0 Å². The number of methoxy groups -OCH3 is 1. The Morgan fingerprint density at radius 2 is 2.12 bits per heavy atom. The van der Waals surface area contributed by atoms with Crippen LogP contribution in [0.2, 0.25) is 0 Å². The van der Waals surface area contributed by atoms with Gasteiger partial charge in [0.25, 0.3) is 5.91 Å². The monoisotopic (exact) mass is 358 g/mol. The summed E-state index contributed by atoms with van der Waals surface area (Å²) in [5, 5.41) is 6.80. The van der Waals surface area contributed by atoms with Gasteiger partial charge >= 0.3 is 0 Å². The van der Waals surface area contributed by atoms with E-state index in [2.05, 4.69) is 20.0 Å². The van der Waals surface area contributed by atoms with Gasteiger partial charge in [0.15, 0.2) is 5.76 Å². The maximum Gasteiger partial charge on any atom is 0.291 e. The molecule has 0 atom stereocenters. The number of hydrogen-bond donors (Lipinski definition) is 2. The Morgan fingerprint density at radius 3 is 2.84 bits per heavy atom. The van der Waals surface area contributed by atoms with Gasteiger partial charge in [0.2, 0.25) is 5.13 Å². The lowest BCUT2D eigenvalue weighted by Crippen LogP contribution is -2.10. The van der Waals surface area contributed by atoms with Gasteiger partial charge in [-0.2, -0.15) is 4.37 Å². The summed E-state index contributed by atoms with van der Waals surface area (Å²) in [5.74, 6) is 0.796. The van der Waals surface area contributed by atoms with E-state index in [9.17, 15) is 4.79 Å². The lowest BCUT2D eigenvalue weighted by Gasteiger charge is -2.06. The highest BCUT2D eigenvalue weighted by atomic mass is 32.1. The van der Waals surface area contributed by atoms with Crippen molar-refractivity contribution >= 4 is 28.3 Å². The Bertz CT molecular complexity index is 800. The summed E-state index contributed by atoms with van der Waals surface area (Å²) in [6.07, 6.45) is 2.18. The number of amides is 1. The van der Waals surface area contributed by atoms with Gasteiger partial charge in [-0.05, 0) is 29.8 Å². The van der Waals surface area contributed by atoms with Crippen LogP contribution in [0.15, 0.2) is 47.1 Å². The van der Waals surface area contributed by atoms with Crippen molar-refractivity contribution in [2.24, 2.45) is 0 Å². The maximum atomic E-state index is 11.9. The van der Waals surface area contributed by atoms with Crippen LogP contribution >= 0.6 is 11.5 Å². The molecule has 8 heteroatoms. The molecule has 2 N–H and O–H groups in total. The van der Waals surface area contributed by atoms with Gasteiger partial charge in [0.1, 0.15) is 5.82 Å². The summed E-state index contributed by atoms with van der Waals surface area (Å²) in [4.78, 5) is 16.3. The second-order valence-corrected chi connectivity index (χ2v) is 5.99. The predicted octanol–water partition coefficient (Wildman–Crippen LogP) is 3.18. The fraction of sp³-hybridized carbons (Fsp3) is 0.235. The van der Waals surface area contributed by atoms with Crippen LogP contribution in [0, 0.1) is 0 Å². The van der Waals surface area contributed by atoms with Crippen molar-refractivity contribution < 1.29 is 13.9 Å². The van der Waals surface area contributed by atoms with Crippen molar-refractivity contribution in [3.8, 4) is 0 Å². The van der Waals surface area contributed by atoms with Crippen LogP contribution in [0.3, 0.4) is 0 Å². The summed E-state index contributed by atoms with van der Waals surface area (Å²) in [6, 6.07) is 10.9. The first-order valence-corrected chi connectivity index (χ1v) is 8.51. The third-order valence-corrected chi connectivity index (χ3v) is 4.11. The number of carbonyl (C=O) groups excluding carboxylic acids is 1. The molecule has 0 spiro atoms. The first-order valence-electron chi connectivity index (χ1n) is 7.74. The molecule has 1 aromatic carbocycles. The van der Waals surface area contributed by atoms with Crippen LogP contribution in [0.25, 0.3) is 0 Å². The molecule has 0 aliphatic heterocycles. The predicted molar refractivity (Wildman–Crippen MR) is 95.9 cm³/mol. The molecule has 130 valence electrons. The number of benzene rings is 1. The Morgan fingerprint density at radius 1 is 1.28 bits per heavy atom. The summed E-state index contributed by atoms with van der Waals surface area (Å²) >= 11 is 1.33. The highest BCUT2D eigenvalue weighted by Gasteiger charge is 2.08. The molecule has 3 rings (SSSR count). The minimum absolute atomic E-state index is 0.270. The van der Waals surface area contributed by atoms with E-state index in [0.717, 1.165) is 16.5 Å². The molecule has 0 aliphatic carbocycles. The third-order valence-electron chi connectivity index (χ3n) is 3.40. The number of nitrogens with one attached hydrogen (secondary N) is 2. The summed E-state index contributed by atoms with van der Waals surface area (Å²) in [5.41, 5.74) is 1.78. The third kappa shape index (κ3) is 4.88. The fourth-order valence-corrected chi connectivity index (χ4v) is 2.71. The van der Waals surface area contributed by atoms with Gasteiger partial charge in [-0.1, -0.05) is 12.1 Å². The van der Waals surface area contributed by atoms with E-state index >= 15 is 0 Å². The number of furan rings is 1. The van der Waals surface area contributed by atoms with Gasteiger partial charge in [-0.25, -0.2) is 4.98 Å². The summed E-state index contributed by atoms with van der Waals surface area (Å²) < 4.78 is 14.3. The van der Waals surface area contributed by atoms with Crippen molar-refractivity contribution in [3.63, 3.8) is 0 Å². The molecule has 0 bridgehead atoms. The molecule has 1 amide bonds. The second-order valence-electron chi connectivity index (χ2n) is 5.24. The van der Waals surface area contributed by atoms with Crippen LogP contribution < -0.4 is 10.6 Å². The largest absolute Gasteiger partial charge is 0.459 e. The van der Waals surface area contributed by atoms with Gasteiger partial charge in [0.05, 0.1) is 12.9 Å². The molecule has 0 fully saturated rings.